The molecule has 0 unspecified atom stereocenters. The number of hydrogen-bond donors (Lipinski definition) is 1. The molecule has 0 bridgehead atoms. The third kappa shape index (κ3) is 12.7. The zero-order chi connectivity index (χ0) is 43.7. The first-order valence-corrected chi connectivity index (χ1v) is 20.9. The SMILES string of the molecule is CC(C)CCc1c(-c2ccc(Cl)cc2)ncc2c1c(=O)n(CCCO)c(=O)n2C.CC(C)CCc1c(-c2ccc(Cl)cc2)ncc2c1c(=O)n(CCCOC=O)c(=O)n2C.O.[Li+].[OH-]. The summed E-state index contributed by atoms with van der Waals surface area (Å²) in [4.78, 5) is 71.9. The maximum Gasteiger partial charge on any atom is 1.00 e. The van der Waals surface area contributed by atoms with Crippen molar-refractivity contribution in [2.45, 2.75) is 79.3 Å². The third-order valence-corrected chi connectivity index (χ3v) is 10.9. The number of aromatic nitrogens is 6. The number of carbonyl (C=O) groups excluding carboxylic acids is 1. The van der Waals surface area contributed by atoms with E-state index in [2.05, 4.69) is 37.7 Å². The number of halogens is 2. The van der Waals surface area contributed by atoms with Crippen molar-refractivity contribution in [2.24, 2.45) is 25.9 Å². The molecule has 18 heteroatoms. The van der Waals surface area contributed by atoms with E-state index in [4.69, 9.17) is 33.0 Å². The summed E-state index contributed by atoms with van der Waals surface area (Å²) in [6.07, 6.45) is 6.98. The van der Waals surface area contributed by atoms with E-state index in [1.807, 2.05) is 24.3 Å². The molecule has 0 aliphatic carbocycles. The minimum atomic E-state index is -0.417. The number of nitrogens with zero attached hydrogens (tertiary/aromatic N) is 6. The van der Waals surface area contributed by atoms with Crippen LogP contribution in [0.25, 0.3) is 44.3 Å². The van der Waals surface area contributed by atoms with Gasteiger partial charge in [0, 0.05) is 55.0 Å². The van der Waals surface area contributed by atoms with E-state index in [0.29, 0.717) is 75.8 Å². The van der Waals surface area contributed by atoms with Gasteiger partial charge in [-0.1, -0.05) is 75.2 Å². The van der Waals surface area contributed by atoms with E-state index in [1.54, 1.807) is 50.8 Å². The fraction of sp³-hybridized carbons (Fsp3) is 0.400. The Labute approximate surface area is 387 Å². The summed E-state index contributed by atoms with van der Waals surface area (Å²) in [5.41, 5.74) is 4.41. The zero-order valence-electron chi connectivity index (χ0n) is 36.9. The summed E-state index contributed by atoms with van der Waals surface area (Å²) in [5.74, 6) is 0.885. The third-order valence-electron chi connectivity index (χ3n) is 10.4. The topological polar surface area (TPSA) is 222 Å². The van der Waals surface area contributed by atoms with Gasteiger partial charge in [-0.15, -0.1) is 0 Å². The van der Waals surface area contributed by atoms with Gasteiger partial charge in [0.05, 0.1) is 52.2 Å². The van der Waals surface area contributed by atoms with Crippen LogP contribution in [0.2, 0.25) is 10.0 Å². The summed E-state index contributed by atoms with van der Waals surface area (Å²) >= 11 is 12.1. The Morgan fingerprint density at radius 1 is 0.683 bits per heavy atom. The van der Waals surface area contributed by atoms with Crippen LogP contribution in [0.4, 0.5) is 0 Å². The molecular weight excluding hydrogens is 846 g/mol. The van der Waals surface area contributed by atoms with Crippen LogP contribution in [0, 0.1) is 11.8 Å². The van der Waals surface area contributed by atoms with E-state index < -0.39 is 11.4 Å². The zero-order valence-corrected chi connectivity index (χ0v) is 38.4. The van der Waals surface area contributed by atoms with Gasteiger partial charge < -0.3 is 20.8 Å². The number of aliphatic hydroxyl groups excluding tert-OH is 1. The predicted molar refractivity (Wildman–Crippen MR) is 244 cm³/mol. The van der Waals surface area contributed by atoms with Crippen LogP contribution in [0.1, 0.15) is 64.5 Å². The normalized spacial score (nSPS) is 10.8. The van der Waals surface area contributed by atoms with Gasteiger partial charge in [0.2, 0.25) is 0 Å². The maximum absolute atomic E-state index is 13.5. The standard InChI is InChI=1S/C23H26ClN3O4.C22H26ClN3O3.Li.2H2O/c1-15(2)5-10-18-20-19(13-25-21(18)16-6-8-17(24)9-7-16)26(3)23(30)27(22(20)29)11-4-12-31-14-28;1-14(2)5-10-17-19-18(13-24-20(17)15-6-8-16(23)9-7-15)25(3)22(29)26(21(19)28)11-4-12-27;;;/h6-9,13-15H,4-5,10-12H2,1-3H3;6-9,13-14,27H,4-5,10-12H2,1-3H3;;2*1H2/q;;+1;;/p-1. The summed E-state index contributed by atoms with van der Waals surface area (Å²) in [6, 6.07) is 14.7. The molecule has 4 heterocycles. The summed E-state index contributed by atoms with van der Waals surface area (Å²) < 4.78 is 10.0. The average Bonchev–Trinajstić information content (AvgIpc) is 3.23. The molecule has 15 nitrogen and oxygen atoms in total. The molecular formula is C45H55Cl2LiN6O9. The molecule has 4 aromatic heterocycles. The molecule has 0 atom stereocenters. The number of aryl methyl sites for hydroxylation is 4. The number of hydrogen-bond acceptors (Lipinski definition) is 10. The Hall–Kier alpha value is -4.85. The van der Waals surface area contributed by atoms with Crippen molar-refractivity contribution >= 4 is 51.5 Å². The molecule has 6 aromatic rings. The number of benzene rings is 2. The Morgan fingerprint density at radius 2 is 1.06 bits per heavy atom. The van der Waals surface area contributed by atoms with Crippen LogP contribution >= 0.6 is 23.2 Å². The monoisotopic (exact) mass is 900 g/mol. The molecule has 0 saturated carbocycles. The van der Waals surface area contributed by atoms with Crippen molar-refractivity contribution in [3.63, 3.8) is 0 Å². The van der Waals surface area contributed by atoms with Gasteiger partial charge in [-0.3, -0.25) is 42.6 Å². The van der Waals surface area contributed by atoms with Crippen molar-refractivity contribution in [3.8, 4) is 22.5 Å². The number of pyridine rings is 2. The second kappa shape index (κ2) is 24.8. The fourth-order valence-electron chi connectivity index (χ4n) is 7.12. The smallest absolute Gasteiger partial charge is 0.870 e. The van der Waals surface area contributed by atoms with Crippen molar-refractivity contribution in [3.05, 3.63) is 124 Å². The van der Waals surface area contributed by atoms with Crippen molar-refractivity contribution in [1.29, 1.82) is 0 Å². The maximum atomic E-state index is 13.5. The molecule has 6 rings (SSSR count). The van der Waals surface area contributed by atoms with Crippen LogP contribution in [-0.2, 0) is 49.6 Å². The Balaban J connectivity index is 0.000000415. The van der Waals surface area contributed by atoms with Crippen molar-refractivity contribution in [1.82, 2.24) is 28.2 Å². The predicted octanol–water partition coefficient (Wildman–Crippen LogP) is 2.96. The molecule has 334 valence electrons. The van der Waals surface area contributed by atoms with Crippen molar-refractivity contribution < 1.29 is 44.5 Å². The molecule has 0 spiro atoms. The molecule has 0 amide bonds. The van der Waals surface area contributed by atoms with Crippen LogP contribution in [0.15, 0.2) is 80.1 Å². The first-order chi connectivity index (χ1) is 28.7. The summed E-state index contributed by atoms with van der Waals surface area (Å²) in [6.45, 7) is 9.28. The van der Waals surface area contributed by atoms with Crippen LogP contribution in [0.3, 0.4) is 0 Å². The van der Waals surface area contributed by atoms with Gasteiger partial charge in [-0.2, -0.15) is 0 Å². The van der Waals surface area contributed by atoms with E-state index >= 15 is 0 Å². The number of ether oxygens (including phenoxy) is 1. The largest absolute Gasteiger partial charge is 1.00 e. The molecule has 4 N–H and O–H groups in total. The summed E-state index contributed by atoms with van der Waals surface area (Å²) in [7, 11) is 3.29. The first-order valence-electron chi connectivity index (χ1n) is 20.1. The van der Waals surface area contributed by atoms with Gasteiger partial charge in [0.15, 0.2) is 0 Å². The van der Waals surface area contributed by atoms with Gasteiger partial charge in [0.25, 0.3) is 17.6 Å². The second-order valence-corrected chi connectivity index (χ2v) is 16.4. The number of rotatable bonds is 16. The first kappa shape index (κ1) is 54.3. The number of carbonyl (C=O) groups is 1. The van der Waals surface area contributed by atoms with Crippen LogP contribution in [-0.4, -0.2) is 64.0 Å². The van der Waals surface area contributed by atoms with Gasteiger partial charge in [-0.05, 0) is 85.8 Å². The number of aliphatic hydroxyl groups is 1. The van der Waals surface area contributed by atoms with Crippen LogP contribution < -0.4 is 41.4 Å². The van der Waals surface area contributed by atoms with E-state index in [1.165, 1.54) is 18.3 Å². The average molecular weight is 902 g/mol. The summed E-state index contributed by atoms with van der Waals surface area (Å²) in [5, 5.41) is 11.4. The second-order valence-electron chi connectivity index (χ2n) is 15.6. The van der Waals surface area contributed by atoms with Crippen LogP contribution in [0.5, 0.6) is 0 Å². The van der Waals surface area contributed by atoms with E-state index in [9.17, 15) is 24.0 Å². The molecule has 0 saturated heterocycles. The molecule has 0 aliphatic rings. The van der Waals surface area contributed by atoms with Crippen molar-refractivity contribution in [2.75, 3.05) is 13.2 Å². The Morgan fingerprint density at radius 3 is 1.41 bits per heavy atom. The van der Waals surface area contributed by atoms with E-state index in [-0.39, 0.29) is 67.2 Å². The fourth-order valence-corrected chi connectivity index (χ4v) is 7.38. The minimum Gasteiger partial charge on any atom is -0.870 e. The van der Waals surface area contributed by atoms with Gasteiger partial charge in [0.1, 0.15) is 0 Å². The number of fused-ring (bicyclic) bond motifs is 2. The molecule has 0 radical (unpaired) electrons. The molecule has 63 heavy (non-hydrogen) atoms. The molecule has 2 aromatic carbocycles. The Bertz CT molecular complexity index is 2710. The molecule has 0 fully saturated rings. The van der Waals surface area contributed by atoms with Gasteiger partial charge >= 0.3 is 30.2 Å². The Kier molecular flexibility index (Phi) is 21.4. The van der Waals surface area contributed by atoms with Gasteiger partial charge in [-0.25, -0.2) is 9.59 Å². The van der Waals surface area contributed by atoms with E-state index in [0.717, 1.165) is 46.5 Å². The molecule has 0 aliphatic heterocycles. The minimum absolute atomic E-state index is 0. The quantitative estimate of drug-likeness (QED) is 0.0850.